The Morgan fingerprint density at radius 1 is 1.16 bits per heavy atom. The zero-order valence-electron chi connectivity index (χ0n) is 13.3. The van der Waals surface area contributed by atoms with Crippen LogP contribution < -0.4 is 4.74 Å². The number of alkyl halides is 3. The van der Waals surface area contributed by atoms with E-state index in [1.807, 2.05) is 6.07 Å². The summed E-state index contributed by atoms with van der Waals surface area (Å²) in [5.41, 5.74) is -4.16. The minimum absolute atomic E-state index is 0.755. The van der Waals surface area contributed by atoms with Gasteiger partial charge in [0.2, 0.25) is 0 Å². The fraction of sp³-hybridized carbons (Fsp3) is 0.375. The van der Waals surface area contributed by atoms with Gasteiger partial charge in [-0.2, -0.15) is 13.2 Å². The first-order valence-corrected chi connectivity index (χ1v) is 9.94. The van der Waals surface area contributed by atoms with Gasteiger partial charge in [-0.25, -0.2) is 8.42 Å². The van der Waals surface area contributed by atoms with Crippen molar-refractivity contribution in [3.63, 3.8) is 0 Å². The molecule has 1 heterocycles. The smallest absolute Gasteiger partial charge is 0.485 e. The molecule has 1 aliphatic heterocycles. The molecule has 1 fully saturated rings. The van der Waals surface area contributed by atoms with Crippen molar-refractivity contribution in [2.24, 2.45) is 0 Å². The van der Waals surface area contributed by atoms with Crippen LogP contribution in [0, 0.1) is 0 Å². The second-order valence-electron chi connectivity index (χ2n) is 5.44. The normalized spacial score (nSPS) is 17.9. The molecule has 3 rings (SSSR count). The fourth-order valence-electron chi connectivity index (χ4n) is 2.47. The maximum Gasteiger partial charge on any atom is 0.485 e. The van der Waals surface area contributed by atoms with Gasteiger partial charge in [-0.3, -0.25) is 0 Å². The first-order valence-electron chi connectivity index (χ1n) is 7.38. The van der Waals surface area contributed by atoms with E-state index in [0.29, 0.717) is 0 Å². The predicted molar refractivity (Wildman–Crippen MR) is 91.9 cm³/mol. The summed E-state index contributed by atoms with van der Waals surface area (Å²) >= 11 is 1.60. The van der Waals surface area contributed by atoms with Crippen LogP contribution in [0.25, 0.3) is 10.8 Å². The first-order chi connectivity index (χ1) is 11.6. The molecule has 25 heavy (non-hydrogen) atoms. The molecule has 4 nitrogen and oxygen atoms in total. The lowest BCUT2D eigenvalue weighted by atomic mass is 10.0. The van der Waals surface area contributed by atoms with Crippen molar-refractivity contribution in [3.8, 4) is 5.75 Å². The SMILES string of the molecule is COc1ccc2ccc(C3CCC[SH+]3)cc2c1.O=S(=O)([O-])C(F)(F)F. The lowest BCUT2D eigenvalue weighted by Gasteiger charge is -2.08. The number of methoxy groups -OCH3 is 1. The molecule has 9 heteroatoms. The number of ether oxygens (including phenoxy) is 1. The number of hydrogen-bond donors (Lipinski definition) is 0. The molecule has 138 valence electrons. The molecule has 0 aliphatic carbocycles. The number of halogens is 3. The Kier molecular flexibility index (Phi) is 6.23. The average molecular weight is 394 g/mol. The highest BCUT2D eigenvalue weighted by Gasteiger charge is 2.36. The molecule has 0 saturated carbocycles. The van der Waals surface area contributed by atoms with Gasteiger partial charge in [-0.15, -0.1) is 0 Å². The number of benzene rings is 2. The second kappa shape index (κ2) is 7.84. The van der Waals surface area contributed by atoms with Gasteiger partial charge in [0.25, 0.3) is 0 Å². The molecular weight excluding hydrogens is 377 g/mol. The molecule has 0 radical (unpaired) electrons. The highest BCUT2D eigenvalue weighted by Crippen LogP contribution is 2.32. The molecule has 2 aromatic rings. The molecule has 2 aromatic carbocycles. The van der Waals surface area contributed by atoms with Gasteiger partial charge in [-0.05, 0) is 47.2 Å². The van der Waals surface area contributed by atoms with Crippen LogP contribution in [0.5, 0.6) is 5.75 Å². The average Bonchev–Trinajstić information content (AvgIpc) is 3.07. The molecule has 1 aliphatic rings. The summed E-state index contributed by atoms with van der Waals surface area (Å²) in [6.45, 7) is 0. The summed E-state index contributed by atoms with van der Waals surface area (Å²) in [6.07, 6.45) is 2.72. The lowest BCUT2D eigenvalue weighted by molar-refractivity contribution is -0.0517. The van der Waals surface area contributed by atoms with E-state index < -0.39 is 15.6 Å². The second-order valence-corrected chi connectivity index (χ2v) is 8.24. The van der Waals surface area contributed by atoms with Gasteiger partial charge in [0, 0.05) is 12.0 Å². The number of thiol groups is 1. The summed E-state index contributed by atoms with van der Waals surface area (Å²) < 4.78 is 64.2. The van der Waals surface area contributed by atoms with Crippen LogP contribution in [0.15, 0.2) is 36.4 Å². The Morgan fingerprint density at radius 2 is 1.80 bits per heavy atom. The molecule has 0 N–H and O–H groups in total. The monoisotopic (exact) mass is 394 g/mol. The third kappa shape index (κ3) is 5.26. The van der Waals surface area contributed by atoms with Crippen LogP contribution in [0.3, 0.4) is 0 Å². The van der Waals surface area contributed by atoms with E-state index in [1.54, 1.807) is 18.9 Å². The van der Waals surface area contributed by atoms with Crippen LogP contribution in [0.2, 0.25) is 0 Å². The van der Waals surface area contributed by atoms with Gasteiger partial charge in [0.15, 0.2) is 10.1 Å². The van der Waals surface area contributed by atoms with Crippen LogP contribution in [0.1, 0.15) is 23.7 Å². The Balaban J connectivity index is 0.000000242. The largest absolute Gasteiger partial charge is 0.741 e. The standard InChI is InChI=1S/C15H16OS.CHF3O3S/c1-16-14-7-6-11-4-5-12(9-13(11)10-14)15-3-2-8-17-15;2-1(3,4)8(5,6)7/h4-7,9-10,15H,2-3,8H2,1H3;(H,5,6,7). The summed E-state index contributed by atoms with van der Waals surface area (Å²) in [7, 11) is -4.37. The predicted octanol–water partition coefficient (Wildman–Crippen LogP) is 3.55. The molecule has 1 atom stereocenters. The van der Waals surface area contributed by atoms with Gasteiger partial charge < -0.3 is 9.29 Å². The van der Waals surface area contributed by atoms with Crippen molar-refractivity contribution >= 4 is 32.7 Å². The van der Waals surface area contributed by atoms with Gasteiger partial charge in [0.05, 0.1) is 7.11 Å². The van der Waals surface area contributed by atoms with Gasteiger partial charge in [-0.1, -0.05) is 18.2 Å². The van der Waals surface area contributed by atoms with E-state index in [-0.39, 0.29) is 0 Å². The first kappa shape index (κ1) is 19.9. The molecule has 0 bridgehead atoms. The zero-order chi connectivity index (χ0) is 18.7. The van der Waals surface area contributed by atoms with E-state index in [9.17, 15) is 13.2 Å². The van der Waals surface area contributed by atoms with Crippen LogP contribution >= 0.6 is 0 Å². The van der Waals surface area contributed by atoms with Crippen molar-refractivity contribution in [1.29, 1.82) is 0 Å². The number of hydrogen-bond acceptors (Lipinski definition) is 4. The van der Waals surface area contributed by atoms with E-state index >= 15 is 0 Å². The van der Waals surface area contributed by atoms with Crippen molar-refractivity contribution in [3.05, 3.63) is 42.0 Å². The molecule has 0 spiro atoms. The zero-order valence-corrected chi connectivity index (χ0v) is 15.0. The Morgan fingerprint density at radius 3 is 2.32 bits per heavy atom. The van der Waals surface area contributed by atoms with E-state index in [2.05, 4.69) is 30.3 Å². The lowest BCUT2D eigenvalue weighted by Crippen LogP contribution is -2.21. The Hall–Kier alpha value is -1.45. The number of fused-ring (bicyclic) bond motifs is 1. The highest BCUT2D eigenvalue weighted by molar-refractivity contribution is 7.86. The van der Waals surface area contributed by atoms with E-state index in [1.165, 1.54) is 34.9 Å². The third-order valence-corrected chi connectivity index (χ3v) is 5.86. The maximum absolute atomic E-state index is 10.7. The van der Waals surface area contributed by atoms with Gasteiger partial charge in [0.1, 0.15) is 16.8 Å². The molecular formula is C16H17F3O4S2. The van der Waals surface area contributed by atoms with Crippen molar-refractivity contribution in [1.82, 2.24) is 0 Å². The van der Waals surface area contributed by atoms with Crippen molar-refractivity contribution < 1.29 is 30.9 Å². The topological polar surface area (TPSA) is 66.4 Å². The van der Waals surface area contributed by atoms with E-state index in [0.717, 1.165) is 11.0 Å². The third-order valence-electron chi connectivity index (χ3n) is 3.72. The van der Waals surface area contributed by atoms with Crippen LogP contribution in [-0.2, 0) is 21.9 Å². The summed E-state index contributed by atoms with van der Waals surface area (Å²) in [6, 6.07) is 13.1. The van der Waals surface area contributed by atoms with Crippen molar-refractivity contribution in [2.75, 3.05) is 12.9 Å². The Labute approximate surface area is 148 Å². The maximum atomic E-state index is 10.7. The molecule has 1 saturated heterocycles. The van der Waals surface area contributed by atoms with Crippen molar-refractivity contribution in [2.45, 2.75) is 23.6 Å². The summed E-state index contributed by atoms with van der Waals surface area (Å²) in [5.74, 6) is 2.31. The molecule has 0 aromatic heterocycles. The summed E-state index contributed by atoms with van der Waals surface area (Å²) in [4.78, 5) is 0. The minimum atomic E-state index is -6.09. The minimum Gasteiger partial charge on any atom is -0.741 e. The quantitative estimate of drug-likeness (QED) is 0.338. The van der Waals surface area contributed by atoms with E-state index in [4.69, 9.17) is 17.7 Å². The Bertz CT molecular complexity index is 829. The van der Waals surface area contributed by atoms with Crippen LogP contribution in [-0.4, -0.2) is 31.3 Å². The van der Waals surface area contributed by atoms with Gasteiger partial charge >= 0.3 is 5.51 Å². The fourth-order valence-corrected chi connectivity index (χ4v) is 3.89. The summed E-state index contributed by atoms with van der Waals surface area (Å²) in [5, 5.41) is 3.35. The molecule has 1 unspecified atom stereocenters. The highest BCUT2D eigenvalue weighted by atomic mass is 32.2. The molecule has 0 amide bonds. The number of rotatable bonds is 2. The van der Waals surface area contributed by atoms with Crippen LogP contribution in [0.4, 0.5) is 13.2 Å².